The van der Waals surface area contributed by atoms with Crippen molar-refractivity contribution in [3.63, 3.8) is 0 Å². The molecule has 0 spiro atoms. The number of likely N-dealkylation sites (tertiary alicyclic amines) is 1. The molecule has 0 atom stereocenters. The molecule has 8 heteroatoms. The lowest BCUT2D eigenvalue weighted by Crippen LogP contribution is -2.35. The first kappa shape index (κ1) is 19.3. The molecule has 1 aromatic carbocycles. The van der Waals surface area contributed by atoms with Crippen LogP contribution in [0.25, 0.3) is 16.6 Å². The normalized spacial score (nSPS) is 14.9. The highest BCUT2D eigenvalue weighted by atomic mass is 16.5. The van der Waals surface area contributed by atoms with Crippen LogP contribution in [-0.4, -0.2) is 52.3 Å². The summed E-state index contributed by atoms with van der Waals surface area (Å²) in [5, 5.41) is 0.743. The zero-order valence-corrected chi connectivity index (χ0v) is 17.1. The maximum absolute atomic E-state index is 13.1. The maximum Gasteiger partial charge on any atom is 0.273 e. The lowest BCUT2D eigenvalue weighted by Gasteiger charge is -2.21. The average molecular weight is 398 g/mol. The average Bonchev–Trinajstić information content (AvgIpc) is 2.88. The Labute approximate surface area is 168 Å². The van der Waals surface area contributed by atoms with E-state index >= 15 is 0 Å². The van der Waals surface area contributed by atoms with E-state index in [0.717, 1.165) is 42.5 Å². The predicted octanol–water partition coefficient (Wildman–Crippen LogP) is 2.38. The Morgan fingerprint density at radius 2 is 1.69 bits per heavy atom. The van der Waals surface area contributed by atoms with E-state index in [4.69, 9.17) is 9.47 Å². The second-order valence-electron chi connectivity index (χ2n) is 7.45. The summed E-state index contributed by atoms with van der Waals surface area (Å²) in [6, 6.07) is 5.12. The Kier molecular flexibility index (Phi) is 5.17. The summed E-state index contributed by atoms with van der Waals surface area (Å²) >= 11 is 0. The minimum absolute atomic E-state index is 0.0681. The van der Waals surface area contributed by atoms with Gasteiger partial charge < -0.3 is 14.4 Å². The van der Waals surface area contributed by atoms with E-state index < -0.39 is 0 Å². The summed E-state index contributed by atoms with van der Waals surface area (Å²) in [7, 11) is 3.14. The molecule has 0 unspecified atom stereocenters. The highest BCUT2D eigenvalue weighted by molar-refractivity contribution is 5.96. The Morgan fingerprint density at radius 3 is 2.34 bits per heavy atom. The lowest BCUT2D eigenvalue weighted by atomic mass is 10.2. The van der Waals surface area contributed by atoms with E-state index in [-0.39, 0.29) is 18.0 Å². The van der Waals surface area contributed by atoms with Gasteiger partial charge in [0.05, 0.1) is 19.7 Å². The summed E-state index contributed by atoms with van der Waals surface area (Å²) in [4.78, 5) is 31.4. The molecule has 3 aromatic rings. The molecule has 0 saturated carbocycles. The van der Waals surface area contributed by atoms with Crippen molar-refractivity contribution in [2.24, 2.45) is 0 Å². The number of hydrogen-bond donors (Lipinski definition) is 0. The van der Waals surface area contributed by atoms with Gasteiger partial charge in [-0.15, -0.1) is 0 Å². The fourth-order valence-electron chi connectivity index (χ4n) is 4.14. The van der Waals surface area contributed by atoms with Crippen LogP contribution in [0.2, 0.25) is 0 Å². The monoisotopic (exact) mass is 398 g/mol. The number of benzene rings is 1. The van der Waals surface area contributed by atoms with Crippen LogP contribution in [0.3, 0.4) is 0 Å². The predicted molar refractivity (Wildman–Crippen MR) is 110 cm³/mol. The molecule has 2 aromatic heterocycles. The SMILES string of the molecule is COc1cc2c(cc1OC)n(CC(=O)N1CCCCCC1)n1c(C)cc(=O)nc21. The molecule has 1 amide bonds. The highest BCUT2D eigenvalue weighted by Gasteiger charge is 2.22. The molecule has 8 nitrogen and oxygen atoms in total. The van der Waals surface area contributed by atoms with Gasteiger partial charge in [0.25, 0.3) is 5.56 Å². The van der Waals surface area contributed by atoms with Crippen LogP contribution in [0, 0.1) is 6.92 Å². The van der Waals surface area contributed by atoms with Crippen molar-refractivity contribution < 1.29 is 14.3 Å². The first-order chi connectivity index (χ1) is 14.0. The number of amides is 1. The third kappa shape index (κ3) is 3.43. The summed E-state index contributed by atoms with van der Waals surface area (Å²) in [6.45, 7) is 3.59. The summed E-state index contributed by atoms with van der Waals surface area (Å²) in [5.41, 5.74) is 1.69. The first-order valence-electron chi connectivity index (χ1n) is 9.96. The number of carbonyl (C=O) groups is 1. The van der Waals surface area contributed by atoms with E-state index in [1.165, 1.54) is 18.9 Å². The number of nitrogens with zero attached hydrogens (tertiary/aromatic N) is 4. The smallest absolute Gasteiger partial charge is 0.273 e. The van der Waals surface area contributed by atoms with Crippen molar-refractivity contribution in [1.29, 1.82) is 0 Å². The van der Waals surface area contributed by atoms with Crippen LogP contribution < -0.4 is 15.0 Å². The standard InChI is InChI=1S/C21H26N4O4/c1-14-10-19(26)22-21-15-11-17(28-2)18(29-3)12-16(15)24(25(14)21)13-20(27)23-8-6-4-5-7-9-23/h10-12H,4-9,13H2,1-3H3. The van der Waals surface area contributed by atoms with E-state index in [1.54, 1.807) is 14.2 Å². The van der Waals surface area contributed by atoms with Crippen LogP contribution in [0.15, 0.2) is 23.0 Å². The Bertz CT molecular complexity index is 1120. The number of rotatable bonds is 4. The van der Waals surface area contributed by atoms with Gasteiger partial charge in [-0.2, -0.15) is 4.98 Å². The molecule has 0 bridgehead atoms. The minimum atomic E-state index is -0.310. The molecule has 0 radical (unpaired) electrons. The number of aromatic nitrogens is 3. The lowest BCUT2D eigenvalue weighted by molar-refractivity contribution is -0.131. The zero-order valence-electron chi connectivity index (χ0n) is 17.1. The van der Waals surface area contributed by atoms with Crippen LogP contribution in [0.1, 0.15) is 31.4 Å². The molecule has 29 heavy (non-hydrogen) atoms. The maximum atomic E-state index is 13.1. The van der Waals surface area contributed by atoms with Crippen LogP contribution in [0.5, 0.6) is 11.5 Å². The quantitative estimate of drug-likeness (QED) is 0.674. The van der Waals surface area contributed by atoms with E-state index in [1.807, 2.05) is 33.2 Å². The van der Waals surface area contributed by atoms with Gasteiger partial charge in [0.15, 0.2) is 17.1 Å². The molecule has 3 heterocycles. The molecule has 0 aliphatic carbocycles. The Balaban J connectivity index is 1.90. The molecule has 4 rings (SSSR count). The number of carbonyl (C=O) groups excluding carboxylic acids is 1. The molecular weight excluding hydrogens is 372 g/mol. The van der Waals surface area contributed by atoms with Crippen molar-refractivity contribution in [2.45, 2.75) is 39.2 Å². The van der Waals surface area contributed by atoms with Gasteiger partial charge >= 0.3 is 0 Å². The topological polar surface area (TPSA) is 78.1 Å². The van der Waals surface area contributed by atoms with Gasteiger partial charge in [-0.05, 0) is 25.8 Å². The van der Waals surface area contributed by atoms with Gasteiger partial charge in [-0.1, -0.05) is 12.8 Å². The van der Waals surface area contributed by atoms with Crippen LogP contribution in [0.4, 0.5) is 0 Å². The fourth-order valence-corrected chi connectivity index (χ4v) is 4.14. The van der Waals surface area contributed by atoms with Gasteiger partial charge in [0.2, 0.25) is 5.91 Å². The Morgan fingerprint density at radius 1 is 1.03 bits per heavy atom. The summed E-state index contributed by atoms with van der Waals surface area (Å²) < 4.78 is 14.6. The van der Waals surface area contributed by atoms with E-state index in [2.05, 4.69) is 4.98 Å². The van der Waals surface area contributed by atoms with Crippen molar-refractivity contribution in [1.82, 2.24) is 19.1 Å². The van der Waals surface area contributed by atoms with Gasteiger partial charge in [0, 0.05) is 36.3 Å². The second kappa shape index (κ2) is 7.77. The van der Waals surface area contributed by atoms with Gasteiger partial charge in [-0.25, -0.2) is 4.52 Å². The summed E-state index contributed by atoms with van der Waals surface area (Å²) in [6.07, 6.45) is 4.41. The first-order valence-corrected chi connectivity index (χ1v) is 9.96. The molecule has 1 aliphatic heterocycles. The van der Waals surface area contributed by atoms with E-state index in [0.29, 0.717) is 17.1 Å². The second-order valence-corrected chi connectivity index (χ2v) is 7.45. The van der Waals surface area contributed by atoms with Crippen molar-refractivity contribution in [2.75, 3.05) is 27.3 Å². The third-order valence-electron chi connectivity index (χ3n) is 5.59. The third-order valence-corrected chi connectivity index (χ3v) is 5.59. The van der Waals surface area contributed by atoms with Crippen LogP contribution >= 0.6 is 0 Å². The molecule has 1 saturated heterocycles. The van der Waals surface area contributed by atoms with Crippen molar-refractivity contribution in [3.8, 4) is 11.5 Å². The molecule has 154 valence electrons. The summed E-state index contributed by atoms with van der Waals surface area (Å²) in [5.74, 6) is 1.18. The molecule has 1 aliphatic rings. The minimum Gasteiger partial charge on any atom is -0.493 e. The van der Waals surface area contributed by atoms with Crippen molar-refractivity contribution >= 4 is 22.5 Å². The largest absolute Gasteiger partial charge is 0.493 e. The number of ether oxygens (including phenoxy) is 2. The molecule has 0 N–H and O–H groups in total. The highest BCUT2D eigenvalue weighted by Crippen LogP contribution is 2.34. The number of methoxy groups -OCH3 is 2. The van der Waals surface area contributed by atoms with E-state index in [9.17, 15) is 9.59 Å². The number of fused-ring (bicyclic) bond motifs is 3. The van der Waals surface area contributed by atoms with Gasteiger partial charge in [0.1, 0.15) is 6.54 Å². The van der Waals surface area contributed by atoms with Gasteiger partial charge in [-0.3, -0.25) is 14.3 Å². The molecular formula is C21H26N4O4. The number of aryl methyl sites for hydroxylation is 1. The van der Waals surface area contributed by atoms with Crippen molar-refractivity contribution in [3.05, 3.63) is 34.2 Å². The fraction of sp³-hybridized carbons (Fsp3) is 0.476. The molecule has 1 fully saturated rings. The Hall–Kier alpha value is -3.03. The zero-order chi connectivity index (χ0) is 20.5. The van der Waals surface area contributed by atoms with Crippen LogP contribution in [-0.2, 0) is 11.3 Å². The number of hydrogen-bond acceptors (Lipinski definition) is 5.